The summed E-state index contributed by atoms with van der Waals surface area (Å²) in [5, 5.41) is 27.2. The highest BCUT2D eigenvalue weighted by Gasteiger charge is 2.47. The third-order valence-electron chi connectivity index (χ3n) is 7.04. The van der Waals surface area contributed by atoms with Crippen LogP contribution in [0.4, 0.5) is 0 Å². The van der Waals surface area contributed by atoms with Gasteiger partial charge in [0.2, 0.25) is 17.7 Å². The van der Waals surface area contributed by atoms with Crippen LogP contribution in [0.3, 0.4) is 0 Å². The number of amides is 3. The van der Waals surface area contributed by atoms with Crippen LogP contribution in [0.2, 0.25) is 0 Å². The molecule has 2 saturated heterocycles. The summed E-state index contributed by atoms with van der Waals surface area (Å²) in [5.74, 6) is -2.53. The first-order chi connectivity index (χ1) is 17.7. The molecular weight excluding hydrogens is 478 g/mol. The molecule has 202 valence electrons. The lowest BCUT2D eigenvalue weighted by molar-refractivity contribution is -0.144. The third kappa shape index (κ3) is 7.19. The zero-order valence-corrected chi connectivity index (χ0v) is 20.9. The van der Waals surface area contributed by atoms with E-state index >= 15 is 0 Å². The van der Waals surface area contributed by atoms with E-state index < -0.39 is 41.8 Å². The minimum absolute atomic E-state index is 0.0737. The van der Waals surface area contributed by atoms with Gasteiger partial charge >= 0.3 is 5.97 Å². The smallest absolute Gasteiger partial charge is 0.322 e. The Morgan fingerprint density at radius 2 is 1.86 bits per heavy atom. The Kier molecular flexibility index (Phi) is 9.84. The summed E-state index contributed by atoms with van der Waals surface area (Å²) < 4.78 is 0. The van der Waals surface area contributed by atoms with Crippen LogP contribution in [0.5, 0.6) is 0 Å². The molecule has 3 rings (SSSR count). The number of carboxylic acids is 1. The second-order valence-electron chi connectivity index (χ2n) is 9.51. The highest BCUT2D eigenvalue weighted by Crippen LogP contribution is 2.37. The van der Waals surface area contributed by atoms with Crippen molar-refractivity contribution in [1.82, 2.24) is 26.2 Å². The predicted octanol–water partition coefficient (Wildman–Crippen LogP) is -0.752. The molecule has 0 aliphatic carbocycles. The molecule has 37 heavy (non-hydrogen) atoms. The molecule has 0 bridgehead atoms. The van der Waals surface area contributed by atoms with E-state index in [4.69, 9.17) is 16.2 Å². The first-order valence-electron chi connectivity index (χ1n) is 12.7. The number of carboxylic acid groups (broad SMARTS) is 1. The molecule has 2 atom stereocenters. The van der Waals surface area contributed by atoms with Crippen LogP contribution in [-0.4, -0.2) is 84.5 Å². The van der Waals surface area contributed by atoms with E-state index in [1.165, 1.54) is 0 Å². The number of benzene rings is 1. The average Bonchev–Trinajstić information content (AvgIpc) is 3.39. The summed E-state index contributed by atoms with van der Waals surface area (Å²) in [4.78, 5) is 52.7. The molecule has 2 aliphatic heterocycles. The molecule has 0 saturated carbocycles. The summed E-state index contributed by atoms with van der Waals surface area (Å²) >= 11 is 0. The van der Waals surface area contributed by atoms with Gasteiger partial charge in [-0.2, -0.15) is 0 Å². The van der Waals surface area contributed by atoms with Gasteiger partial charge in [0.25, 0.3) is 0 Å². The number of hydrogen-bond donors (Lipinski definition) is 7. The van der Waals surface area contributed by atoms with Crippen molar-refractivity contribution < 1.29 is 24.3 Å². The van der Waals surface area contributed by atoms with E-state index in [0.717, 1.165) is 5.56 Å². The molecule has 12 nitrogen and oxygen atoms in total. The van der Waals surface area contributed by atoms with Crippen molar-refractivity contribution in [2.75, 3.05) is 32.7 Å². The SMILES string of the molecule is N=C(N)NCCC[C@H](NC(=O)[C@H]1CCCN1C(=O)C1(c2ccccc2)CCNCC1)C(=O)NCC(=O)O. The molecule has 12 heteroatoms. The molecule has 1 aromatic rings. The van der Waals surface area contributed by atoms with Crippen molar-refractivity contribution in [1.29, 1.82) is 5.41 Å². The van der Waals surface area contributed by atoms with E-state index in [9.17, 15) is 19.2 Å². The Morgan fingerprint density at radius 1 is 1.16 bits per heavy atom. The number of piperidine rings is 1. The number of nitrogens with zero attached hydrogens (tertiary/aromatic N) is 1. The van der Waals surface area contributed by atoms with Gasteiger partial charge in [0.05, 0.1) is 5.41 Å². The number of guanidine groups is 1. The van der Waals surface area contributed by atoms with Gasteiger partial charge in [0, 0.05) is 13.1 Å². The van der Waals surface area contributed by atoms with Gasteiger partial charge < -0.3 is 37.0 Å². The van der Waals surface area contributed by atoms with Crippen molar-refractivity contribution >= 4 is 29.7 Å². The number of carbonyl (C=O) groups excluding carboxylic acids is 3. The van der Waals surface area contributed by atoms with Gasteiger partial charge in [-0.1, -0.05) is 30.3 Å². The van der Waals surface area contributed by atoms with E-state index in [1.807, 2.05) is 30.3 Å². The van der Waals surface area contributed by atoms with Crippen molar-refractivity contribution in [2.24, 2.45) is 5.73 Å². The summed E-state index contributed by atoms with van der Waals surface area (Å²) in [5.41, 5.74) is 5.51. The summed E-state index contributed by atoms with van der Waals surface area (Å²) in [6.07, 6.45) is 3.02. The number of nitrogens with two attached hydrogens (primary N) is 1. The lowest BCUT2D eigenvalue weighted by Crippen LogP contribution is -2.58. The third-order valence-corrected chi connectivity index (χ3v) is 7.04. The van der Waals surface area contributed by atoms with Gasteiger partial charge in [-0.05, 0) is 57.2 Å². The van der Waals surface area contributed by atoms with Crippen LogP contribution in [0, 0.1) is 5.41 Å². The molecule has 0 radical (unpaired) electrons. The van der Waals surface area contributed by atoms with Crippen molar-refractivity contribution in [3.63, 3.8) is 0 Å². The number of hydrogen-bond acceptors (Lipinski definition) is 6. The standard InChI is InChI=1S/C25H37N7O5/c26-24(27)29-12-4-8-18(21(35)30-16-20(33)34)31-22(36)19-9-5-15-32(19)23(37)25(10-13-28-14-11-25)17-6-2-1-3-7-17/h1-3,6-7,18-19,28H,4-5,8-16H2,(H,30,35)(H,31,36)(H,33,34)(H4,26,27,29)/t18-,19+/m0/s1. The maximum absolute atomic E-state index is 14.0. The highest BCUT2D eigenvalue weighted by atomic mass is 16.4. The molecular formula is C25H37N7O5. The normalized spacial score (nSPS) is 19.5. The zero-order chi connectivity index (χ0) is 26.8. The Hall–Kier alpha value is -3.67. The maximum Gasteiger partial charge on any atom is 0.322 e. The highest BCUT2D eigenvalue weighted by molar-refractivity contribution is 5.96. The second-order valence-corrected chi connectivity index (χ2v) is 9.51. The molecule has 2 fully saturated rings. The molecule has 0 aromatic heterocycles. The van der Waals surface area contributed by atoms with E-state index in [2.05, 4.69) is 21.3 Å². The van der Waals surface area contributed by atoms with Crippen molar-refractivity contribution in [2.45, 2.75) is 56.0 Å². The minimum atomic E-state index is -1.20. The van der Waals surface area contributed by atoms with Gasteiger partial charge in [0.15, 0.2) is 5.96 Å². The van der Waals surface area contributed by atoms with Crippen LogP contribution in [0.1, 0.15) is 44.1 Å². The Labute approximate surface area is 216 Å². The molecule has 3 amide bonds. The number of aliphatic carboxylic acids is 1. The molecule has 0 unspecified atom stereocenters. The van der Waals surface area contributed by atoms with Crippen LogP contribution in [0.25, 0.3) is 0 Å². The molecule has 1 aromatic carbocycles. The van der Waals surface area contributed by atoms with Gasteiger partial charge in [-0.15, -0.1) is 0 Å². The Bertz CT molecular complexity index is 981. The monoisotopic (exact) mass is 515 g/mol. The van der Waals surface area contributed by atoms with Crippen LogP contribution in [0.15, 0.2) is 30.3 Å². The molecule has 8 N–H and O–H groups in total. The van der Waals surface area contributed by atoms with Gasteiger partial charge in [-0.25, -0.2) is 0 Å². The summed E-state index contributed by atoms with van der Waals surface area (Å²) in [6.45, 7) is 1.60. The first-order valence-corrected chi connectivity index (χ1v) is 12.7. The number of rotatable bonds is 11. The summed E-state index contributed by atoms with van der Waals surface area (Å²) in [7, 11) is 0. The van der Waals surface area contributed by atoms with E-state index in [-0.39, 0.29) is 18.3 Å². The van der Waals surface area contributed by atoms with E-state index in [1.54, 1.807) is 4.90 Å². The number of likely N-dealkylation sites (tertiary alicyclic amines) is 1. The Morgan fingerprint density at radius 3 is 2.51 bits per heavy atom. The number of carbonyl (C=O) groups is 4. The largest absolute Gasteiger partial charge is 0.480 e. The fourth-order valence-electron chi connectivity index (χ4n) is 5.15. The molecule has 2 heterocycles. The molecule has 0 spiro atoms. The summed E-state index contributed by atoms with van der Waals surface area (Å²) in [6, 6.07) is 7.98. The fourth-order valence-corrected chi connectivity index (χ4v) is 5.15. The fraction of sp³-hybridized carbons (Fsp3) is 0.560. The van der Waals surface area contributed by atoms with Crippen LogP contribution >= 0.6 is 0 Å². The van der Waals surface area contributed by atoms with Gasteiger partial charge in [0.1, 0.15) is 18.6 Å². The van der Waals surface area contributed by atoms with Crippen molar-refractivity contribution in [3.05, 3.63) is 35.9 Å². The average molecular weight is 516 g/mol. The van der Waals surface area contributed by atoms with Crippen molar-refractivity contribution in [3.8, 4) is 0 Å². The first kappa shape index (κ1) is 27.9. The zero-order valence-electron chi connectivity index (χ0n) is 20.9. The minimum Gasteiger partial charge on any atom is -0.480 e. The maximum atomic E-state index is 14.0. The lowest BCUT2D eigenvalue weighted by atomic mass is 9.72. The number of nitrogens with one attached hydrogen (secondary N) is 5. The molecule has 2 aliphatic rings. The van der Waals surface area contributed by atoms with Crippen LogP contribution < -0.4 is 27.0 Å². The van der Waals surface area contributed by atoms with E-state index in [0.29, 0.717) is 58.3 Å². The Balaban J connectivity index is 1.74. The topological polar surface area (TPSA) is 190 Å². The lowest BCUT2D eigenvalue weighted by Gasteiger charge is -2.41. The van der Waals surface area contributed by atoms with Crippen LogP contribution in [-0.2, 0) is 24.6 Å². The predicted molar refractivity (Wildman–Crippen MR) is 137 cm³/mol. The van der Waals surface area contributed by atoms with Gasteiger partial charge in [-0.3, -0.25) is 24.6 Å². The quantitative estimate of drug-likeness (QED) is 0.114. The second kappa shape index (κ2) is 13.0.